The Balaban J connectivity index is 1.73. The smallest absolute Gasteiger partial charge is 0.410 e. The van der Waals surface area contributed by atoms with Gasteiger partial charge in [-0.05, 0) is 87.0 Å². The Labute approximate surface area is 302 Å². The highest BCUT2D eigenvalue weighted by Crippen LogP contribution is 2.62. The van der Waals surface area contributed by atoms with Gasteiger partial charge in [0.1, 0.15) is 17.5 Å². The first-order valence-corrected chi connectivity index (χ1v) is 19.0. The number of hydrogen-bond donors (Lipinski definition) is 3. The molecule has 1 aromatic rings. The highest BCUT2D eigenvalue weighted by Gasteiger charge is 2.65. The second-order valence-corrected chi connectivity index (χ2v) is 14.1. The fourth-order valence-corrected chi connectivity index (χ4v) is 8.50. The second-order valence-electron chi connectivity index (χ2n) is 14.1. The van der Waals surface area contributed by atoms with Gasteiger partial charge in [0, 0.05) is 44.1 Å². The summed E-state index contributed by atoms with van der Waals surface area (Å²) in [6.45, 7) is 11.3. The van der Waals surface area contributed by atoms with Crippen molar-refractivity contribution in [2.45, 2.75) is 108 Å². The van der Waals surface area contributed by atoms with Crippen LogP contribution in [0, 0.1) is 17.8 Å². The molecule has 0 bridgehead atoms. The molecule has 7 atom stereocenters. The van der Waals surface area contributed by atoms with Crippen molar-refractivity contribution in [1.82, 2.24) is 4.90 Å². The van der Waals surface area contributed by atoms with Crippen LogP contribution in [-0.4, -0.2) is 89.7 Å². The average molecular weight is 711 g/mol. The Bertz CT molecular complexity index is 1380. The van der Waals surface area contributed by atoms with Crippen molar-refractivity contribution in [3.8, 4) is 11.5 Å². The van der Waals surface area contributed by atoms with Crippen LogP contribution in [0.1, 0.15) is 95.5 Å². The van der Waals surface area contributed by atoms with Crippen molar-refractivity contribution in [1.29, 1.82) is 0 Å². The number of carbonyl (C=O) groups is 1. The summed E-state index contributed by atoms with van der Waals surface area (Å²) in [5, 5.41) is 35.2. The van der Waals surface area contributed by atoms with E-state index in [1.807, 2.05) is 6.92 Å². The van der Waals surface area contributed by atoms with E-state index in [9.17, 15) is 20.1 Å². The number of benzene rings is 1. The van der Waals surface area contributed by atoms with Crippen molar-refractivity contribution in [3.63, 3.8) is 0 Å². The van der Waals surface area contributed by atoms with Crippen LogP contribution >= 0.6 is 0 Å². The lowest BCUT2D eigenvalue weighted by Crippen LogP contribution is -2.70. The molecule has 2 heterocycles. The Kier molecular flexibility index (Phi) is 14.4. The van der Waals surface area contributed by atoms with E-state index in [1.165, 1.54) is 0 Å². The fourth-order valence-electron chi connectivity index (χ4n) is 8.50. The summed E-state index contributed by atoms with van der Waals surface area (Å²) in [7, 11) is 0. The van der Waals surface area contributed by atoms with Crippen LogP contribution in [0.3, 0.4) is 0 Å². The number of hydrogen-bond acceptors (Lipinski definition) is 10. The van der Waals surface area contributed by atoms with Crippen LogP contribution in [0.5, 0.6) is 11.5 Å². The normalized spacial score (nSPS) is 28.8. The number of oxime groups is 1. The zero-order valence-corrected chi connectivity index (χ0v) is 30.3. The first kappa shape index (κ1) is 38.8. The number of fused-ring (bicyclic) bond motifs is 2. The molecule has 0 radical (unpaired) electrons. The highest BCUT2D eigenvalue weighted by molar-refractivity contribution is 6.03. The molecule has 2 fully saturated rings. The Morgan fingerprint density at radius 2 is 1.92 bits per heavy atom. The van der Waals surface area contributed by atoms with Crippen LogP contribution < -0.4 is 4.74 Å². The van der Waals surface area contributed by atoms with E-state index in [1.54, 1.807) is 35.3 Å². The summed E-state index contributed by atoms with van der Waals surface area (Å²) >= 11 is 0. The lowest BCUT2D eigenvalue weighted by atomic mass is 9.55. The largest absolute Gasteiger partial charge is 0.508 e. The monoisotopic (exact) mass is 710 g/mol. The topological polar surface area (TPSA) is 140 Å². The molecule has 1 unspecified atom stereocenters. The van der Waals surface area contributed by atoms with Crippen molar-refractivity contribution in [2.24, 2.45) is 22.9 Å². The molecule has 0 aromatic heterocycles. The number of rotatable bonds is 19. The molecule has 1 amide bonds. The van der Waals surface area contributed by atoms with Crippen molar-refractivity contribution in [3.05, 3.63) is 60.7 Å². The molecule has 5 rings (SSSR count). The average Bonchev–Trinajstić information content (AvgIpc) is 3.14. The van der Waals surface area contributed by atoms with E-state index >= 15 is 0 Å². The predicted octanol–water partition coefficient (Wildman–Crippen LogP) is 6.98. The lowest BCUT2D eigenvalue weighted by molar-refractivity contribution is -0.255. The molecular weight excluding hydrogens is 652 g/mol. The highest BCUT2D eigenvalue weighted by atomic mass is 16.8. The molecular formula is C40H58N2O9. The molecule has 4 aliphatic rings. The third kappa shape index (κ3) is 8.81. The molecule has 2 aliphatic heterocycles. The van der Waals surface area contributed by atoms with Gasteiger partial charge < -0.3 is 39.1 Å². The van der Waals surface area contributed by atoms with E-state index in [4.69, 9.17) is 28.9 Å². The third-order valence-corrected chi connectivity index (χ3v) is 10.7. The van der Waals surface area contributed by atoms with E-state index in [0.717, 1.165) is 56.1 Å². The minimum atomic E-state index is -1.37. The van der Waals surface area contributed by atoms with Crippen LogP contribution in [0.4, 0.5) is 4.79 Å². The van der Waals surface area contributed by atoms with Crippen LogP contribution in [-0.2, 0) is 19.0 Å². The fraction of sp³-hybridized carbons (Fsp3) is 0.650. The van der Waals surface area contributed by atoms with Gasteiger partial charge in [-0.25, -0.2) is 4.79 Å². The van der Waals surface area contributed by atoms with Crippen LogP contribution in [0.2, 0.25) is 0 Å². The molecule has 282 valence electrons. The summed E-state index contributed by atoms with van der Waals surface area (Å²) in [4.78, 5) is 21.9. The van der Waals surface area contributed by atoms with E-state index in [-0.39, 0.29) is 56.4 Å². The molecule has 11 nitrogen and oxygen atoms in total. The molecule has 3 N–H and O–H groups in total. The Morgan fingerprint density at radius 3 is 2.63 bits per heavy atom. The quantitative estimate of drug-likeness (QED) is 0.0789. The maximum atomic E-state index is 14.0. The number of aliphatic hydroxyl groups is 2. The Hall–Kier alpha value is -3.38. The SMILES string of the molecule is C=CCCOC(=O)N(CCC)[C@H]1CC(=NOC2CCCCO2)C2=C[C@H](CCCCO)[C@@H](CCCCO)[C@@H]3c4cc(O)ccc4O[C@@]1(OCC=C)[C@H]23. The first-order chi connectivity index (χ1) is 24.9. The molecule has 1 saturated heterocycles. The maximum Gasteiger partial charge on any atom is 0.410 e. The van der Waals surface area contributed by atoms with Gasteiger partial charge in [-0.2, -0.15) is 0 Å². The minimum absolute atomic E-state index is 0.0712. The molecule has 1 saturated carbocycles. The predicted molar refractivity (Wildman–Crippen MR) is 194 cm³/mol. The molecule has 1 aromatic carbocycles. The summed E-state index contributed by atoms with van der Waals surface area (Å²) in [5.41, 5.74) is 2.51. The Morgan fingerprint density at radius 1 is 1.12 bits per heavy atom. The van der Waals surface area contributed by atoms with Gasteiger partial charge in [0.2, 0.25) is 12.1 Å². The zero-order valence-electron chi connectivity index (χ0n) is 30.3. The summed E-state index contributed by atoms with van der Waals surface area (Å²) in [6, 6.07) is 4.54. The molecule has 51 heavy (non-hydrogen) atoms. The third-order valence-electron chi connectivity index (χ3n) is 10.7. The van der Waals surface area contributed by atoms with E-state index in [0.29, 0.717) is 50.3 Å². The molecule has 2 aliphatic carbocycles. The zero-order chi connectivity index (χ0) is 36.2. The van der Waals surface area contributed by atoms with Gasteiger partial charge in [-0.3, -0.25) is 4.90 Å². The number of aromatic hydroxyl groups is 1. The number of phenols is 1. The second kappa shape index (κ2) is 18.9. The van der Waals surface area contributed by atoms with Gasteiger partial charge in [0.15, 0.2) is 0 Å². The maximum absolute atomic E-state index is 14.0. The number of aliphatic hydroxyl groups excluding tert-OH is 2. The molecule has 0 spiro atoms. The van der Waals surface area contributed by atoms with E-state index in [2.05, 4.69) is 19.2 Å². The van der Waals surface area contributed by atoms with Crippen LogP contribution in [0.15, 0.2) is 60.3 Å². The number of allylic oxidation sites excluding steroid dienone is 1. The molecule has 11 heteroatoms. The van der Waals surface area contributed by atoms with Gasteiger partial charge in [0.05, 0.1) is 31.5 Å². The van der Waals surface area contributed by atoms with Crippen molar-refractivity contribution >= 4 is 11.8 Å². The van der Waals surface area contributed by atoms with Gasteiger partial charge in [-0.15, -0.1) is 13.2 Å². The number of amides is 1. The van der Waals surface area contributed by atoms with Crippen molar-refractivity contribution < 1.29 is 43.9 Å². The first-order valence-electron chi connectivity index (χ1n) is 19.0. The summed E-state index contributed by atoms with van der Waals surface area (Å²) in [5.74, 6) is -1.13. The van der Waals surface area contributed by atoms with Gasteiger partial charge >= 0.3 is 6.09 Å². The van der Waals surface area contributed by atoms with Gasteiger partial charge in [0.25, 0.3) is 0 Å². The summed E-state index contributed by atoms with van der Waals surface area (Å²) in [6.07, 6.45) is 13.6. The lowest BCUT2D eigenvalue weighted by Gasteiger charge is -2.59. The number of phenolic OH excluding ortho intramolecular Hbond substituents is 1. The van der Waals surface area contributed by atoms with Crippen molar-refractivity contribution in [2.75, 3.05) is 39.6 Å². The van der Waals surface area contributed by atoms with Gasteiger partial charge in [-0.1, -0.05) is 43.1 Å². The van der Waals surface area contributed by atoms with Crippen LogP contribution in [0.25, 0.3) is 0 Å². The summed E-state index contributed by atoms with van der Waals surface area (Å²) < 4.78 is 25.7. The van der Waals surface area contributed by atoms with E-state index < -0.39 is 30.1 Å². The number of carbonyl (C=O) groups excluding carboxylic acids is 1. The number of ether oxygens (including phenoxy) is 4. The minimum Gasteiger partial charge on any atom is -0.508 e. The number of unbranched alkanes of at least 4 members (excludes halogenated alkanes) is 2. The standard InChI is InChI=1S/C40H58N2O9/c1-4-7-23-48-39(46)42(19-5-2)35-27-33(41-51-36-16-10-13-24-47-36)31-25-28(14-8-11-20-43)30(15-9-12-21-44)37-32-26-29(45)17-18-34(32)50-40(35,38(31)37)49-22-6-3/h4,6,17-18,25-26,28,30,35-38,43-45H,1,3,5,7-16,19-24,27H2,2H3/t28-,30+,35-,36?,37+,38+,40+/m0/s1. The number of nitrogens with zero attached hydrogens (tertiary/aromatic N) is 2.